The molecule has 1 N–H and O–H groups in total. The molecule has 0 radical (unpaired) electrons. The van der Waals surface area contributed by atoms with E-state index in [9.17, 15) is 9.59 Å². The van der Waals surface area contributed by atoms with E-state index >= 15 is 0 Å². The van der Waals surface area contributed by atoms with Crippen molar-refractivity contribution in [2.75, 3.05) is 5.32 Å². The molecular formula is C17H22ClN3O2. The third kappa shape index (κ3) is 3.91. The normalized spacial score (nSPS) is 11.2. The van der Waals surface area contributed by atoms with Gasteiger partial charge >= 0.3 is 0 Å². The predicted molar refractivity (Wildman–Crippen MR) is 93.1 cm³/mol. The summed E-state index contributed by atoms with van der Waals surface area (Å²) in [5.41, 5.74) is 0.938. The zero-order chi connectivity index (χ0) is 17.0. The van der Waals surface area contributed by atoms with Gasteiger partial charge in [0.25, 0.3) is 5.56 Å². The molecule has 0 bridgehead atoms. The highest BCUT2D eigenvalue weighted by molar-refractivity contribution is 6.30. The van der Waals surface area contributed by atoms with E-state index in [-0.39, 0.29) is 23.1 Å². The van der Waals surface area contributed by atoms with Crippen LogP contribution < -0.4 is 10.9 Å². The number of hydrogen-bond donors (Lipinski definition) is 1. The first-order valence-electron chi connectivity index (χ1n) is 7.97. The lowest BCUT2D eigenvalue weighted by Crippen LogP contribution is -2.29. The summed E-state index contributed by atoms with van der Waals surface area (Å²) in [6.45, 7) is 5.82. The maximum atomic E-state index is 12.6. The topological polar surface area (TPSA) is 63.5 Å². The number of anilines is 1. The molecule has 0 aliphatic carbocycles. The van der Waals surface area contributed by atoms with Crippen LogP contribution in [0, 0.1) is 12.8 Å². The Balaban J connectivity index is 2.39. The summed E-state index contributed by atoms with van der Waals surface area (Å²) < 4.78 is 1.36. The number of pyridine rings is 1. The van der Waals surface area contributed by atoms with E-state index in [0.717, 1.165) is 25.7 Å². The summed E-state index contributed by atoms with van der Waals surface area (Å²) in [4.78, 5) is 29.5. The molecule has 0 aliphatic heterocycles. The number of aryl methyl sites for hydroxylation is 1. The molecule has 2 aromatic heterocycles. The van der Waals surface area contributed by atoms with Crippen LogP contribution in [0.4, 0.5) is 5.69 Å². The van der Waals surface area contributed by atoms with Crippen molar-refractivity contribution in [3.05, 3.63) is 39.4 Å². The fourth-order valence-corrected chi connectivity index (χ4v) is 2.86. The maximum Gasteiger partial charge on any atom is 0.281 e. The molecule has 0 fully saturated rings. The van der Waals surface area contributed by atoms with Gasteiger partial charge in [0, 0.05) is 12.1 Å². The van der Waals surface area contributed by atoms with E-state index in [4.69, 9.17) is 11.6 Å². The summed E-state index contributed by atoms with van der Waals surface area (Å²) in [5, 5.41) is 3.22. The zero-order valence-corrected chi connectivity index (χ0v) is 14.5. The molecule has 2 aromatic rings. The number of rotatable bonds is 6. The van der Waals surface area contributed by atoms with Crippen LogP contribution in [0.2, 0.25) is 5.02 Å². The summed E-state index contributed by atoms with van der Waals surface area (Å²) in [7, 11) is 0. The largest absolute Gasteiger partial charge is 0.320 e. The monoisotopic (exact) mass is 335 g/mol. The lowest BCUT2D eigenvalue weighted by molar-refractivity contribution is -0.120. The molecule has 0 saturated heterocycles. The summed E-state index contributed by atoms with van der Waals surface area (Å²) in [6.07, 6.45) is 5.00. The second-order valence-corrected chi connectivity index (χ2v) is 6.15. The quantitative estimate of drug-likeness (QED) is 0.873. The highest BCUT2D eigenvalue weighted by Crippen LogP contribution is 2.17. The molecule has 6 heteroatoms. The molecule has 0 aliphatic rings. The van der Waals surface area contributed by atoms with Crippen molar-refractivity contribution in [3.8, 4) is 0 Å². The first kappa shape index (κ1) is 17.5. The minimum absolute atomic E-state index is 0.0798. The van der Waals surface area contributed by atoms with Gasteiger partial charge in [-0.15, -0.1) is 0 Å². The van der Waals surface area contributed by atoms with Crippen LogP contribution in [-0.4, -0.2) is 15.3 Å². The Bertz CT molecular complexity index is 764. The number of fused-ring (bicyclic) bond motifs is 1. The molecule has 0 saturated carbocycles. The molecule has 0 spiro atoms. The summed E-state index contributed by atoms with van der Waals surface area (Å²) in [6, 6.07) is 3.36. The van der Waals surface area contributed by atoms with Crippen LogP contribution in [0.1, 0.15) is 45.2 Å². The maximum absolute atomic E-state index is 12.6. The van der Waals surface area contributed by atoms with E-state index in [1.165, 1.54) is 10.6 Å². The number of aromatic nitrogens is 2. The van der Waals surface area contributed by atoms with E-state index in [2.05, 4.69) is 24.1 Å². The predicted octanol–water partition coefficient (Wildman–Crippen LogP) is 3.81. The van der Waals surface area contributed by atoms with E-state index in [0.29, 0.717) is 16.4 Å². The number of halogens is 1. The van der Waals surface area contributed by atoms with Gasteiger partial charge in [-0.3, -0.25) is 14.0 Å². The van der Waals surface area contributed by atoms with Gasteiger partial charge < -0.3 is 5.32 Å². The second kappa shape index (κ2) is 7.59. The van der Waals surface area contributed by atoms with Gasteiger partial charge in [0.1, 0.15) is 11.3 Å². The molecule has 23 heavy (non-hydrogen) atoms. The number of hydrogen-bond acceptors (Lipinski definition) is 3. The molecule has 1 amide bonds. The summed E-state index contributed by atoms with van der Waals surface area (Å²) >= 11 is 5.95. The average Bonchev–Trinajstić information content (AvgIpc) is 2.52. The second-order valence-electron chi connectivity index (χ2n) is 5.72. The minimum Gasteiger partial charge on any atom is -0.320 e. The fraction of sp³-hybridized carbons (Fsp3) is 0.471. The van der Waals surface area contributed by atoms with Crippen molar-refractivity contribution in [1.29, 1.82) is 0 Å². The highest BCUT2D eigenvalue weighted by atomic mass is 35.5. The third-order valence-corrected chi connectivity index (χ3v) is 4.08. The van der Waals surface area contributed by atoms with E-state index in [1.807, 2.05) is 0 Å². The molecule has 0 atom stereocenters. The van der Waals surface area contributed by atoms with E-state index < -0.39 is 0 Å². The molecular weight excluding hydrogens is 314 g/mol. The lowest BCUT2D eigenvalue weighted by atomic mass is 9.97. The molecule has 124 valence electrons. The smallest absolute Gasteiger partial charge is 0.281 e. The number of carbonyl (C=O) groups excluding carboxylic acids is 1. The Morgan fingerprint density at radius 2 is 1.96 bits per heavy atom. The van der Waals surface area contributed by atoms with E-state index in [1.54, 1.807) is 19.1 Å². The fourth-order valence-electron chi connectivity index (χ4n) is 2.70. The molecule has 2 heterocycles. The Hall–Kier alpha value is -1.88. The summed E-state index contributed by atoms with van der Waals surface area (Å²) in [5.74, 6) is -0.193. The molecule has 2 rings (SSSR count). The average molecular weight is 336 g/mol. The number of amides is 1. The van der Waals surface area contributed by atoms with Gasteiger partial charge in [0.05, 0.1) is 10.7 Å². The van der Waals surface area contributed by atoms with Crippen LogP contribution in [0.15, 0.2) is 23.1 Å². The van der Waals surface area contributed by atoms with Crippen LogP contribution in [0.25, 0.3) is 5.65 Å². The van der Waals surface area contributed by atoms with Crippen molar-refractivity contribution in [3.63, 3.8) is 0 Å². The molecule has 0 aromatic carbocycles. The van der Waals surface area contributed by atoms with Crippen molar-refractivity contribution in [2.45, 2.75) is 46.5 Å². The van der Waals surface area contributed by atoms with Gasteiger partial charge in [-0.2, -0.15) is 0 Å². The number of carbonyl (C=O) groups is 1. The lowest BCUT2D eigenvalue weighted by Gasteiger charge is -2.16. The van der Waals surface area contributed by atoms with Crippen molar-refractivity contribution in [1.82, 2.24) is 9.38 Å². The van der Waals surface area contributed by atoms with Gasteiger partial charge in [0.2, 0.25) is 5.91 Å². The van der Waals surface area contributed by atoms with Crippen LogP contribution in [0.3, 0.4) is 0 Å². The SMILES string of the molecule is CCCC(CCC)C(=O)Nc1c(C)nc2ccc(Cl)cn2c1=O. The van der Waals surface area contributed by atoms with Gasteiger partial charge in [0.15, 0.2) is 0 Å². The van der Waals surface area contributed by atoms with Gasteiger partial charge in [-0.1, -0.05) is 38.3 Å². The number of nitrogens with zero attached hydrogens (tertiary/aromatic N) is 2. The Morgan fingerprint density at radius 3 is 2.57 bits per heavy atom. The first-order valence-corrected chi connectivity index (χ1v) is 8.35. The van der Waals surface area contributed by atoms with Crippen molar-refractivity contribution < 1.29 is 4.79 Å². The Morgan fingerprint density at radius 1 is 1.30 bits per heavy atom. The number of nitrogens with one attached hydrogen (secondary N) is 1. The van der Waals surface area contributed by atoms with Crippen LogP contribution in [0.5, 0.6) is 0 Å². The Labute approximate surface area is 140 Å². The standard InChI is InChI=1S/C17H22ClN3O2/c1-4-6-12(7-5-2)16(22)20-15-11(3)19-14-9-8-13(18)10-21(14)17(15)23/h8-10,12H,4-7H2,1-3H3,(H,20,22). The minimum atomic E-state index is -0.310. The van der Waals surface area contributed by atoms with Gasteiger partial charge in [-0.25, -0.2) is 4.98 Å². The van der Waals surface area contributed by atoms with Gasteiger partial charge in [-0.05, 0) is 31.9 Å². The molecule has 0 unspecified atom stereocenters. The van der Waals surface area contributed by atoms with Crippen LogP contribution >= 0.6 is 11.6 Å². The van der Waals surface area contributed by atoms with Crippen molar-refractivity contribution >= 4 is 28.8 Å². The Kier molecular flexibility index (Phi) is 5.77. The van der Waals surface area contributed by atoms with Crippen LogP contribution in [-0.2, 0) is 4.79 Å². The highest BCUT2D eigenvalue weighted by Gasteiger charge is 2.20. The first-order chi connectivity index (χ1) is 11.0. The van der Waals surface area contributed by atoms with Crippen molar-refractivity contribution in [2.24, 2.45) is 5.92 Å². The third-order valence-electron chi connectivity index (χ3n) is 3.86. The zero-order valence-electron chi connectivity index (χ0n) is 13.7. The molecule has 5 nitrogen and oxygen atoms in total.